The van der Waals surface area contributed by atoms with E-state index in [1.165, 1.54) is 11.8 Å². The molecule has 0 aliphatic heterocycles. The van der Waals surface area contributed by atoms with Crippen molar-refractivity contribution in [2.45, 2.75) is 16.7 Å². The zero-order valence-corrected chi connectivity index (χ0v) is 12.9. The number of benzene rings is 2. The Bertz CT molecular complexity index is 682. The van der Waals surface area contributed by atoms with Crippen LogP contribution in [0.2, 0.25) is 0 Å². The molecule has 2 N–H and O–H groups in total. The van der Waals surface area contributed by atoms with Gasteiger partial charge in [0, 0.05) is 10.6 Å². The Hall–Kier alpha value is -1.46. The molecule has 0 radical (unpaired) electrons. The zero-order chi connectivity index (χ0) is 14.6. The third-order valence-corrected chi connectivity index (χ3v) is 5.92. The van der Waals surface area contributed by atoms with E-state index in [0.29, 0.717) is 11.4 Å². The van der Waals surface area contributed by atoms with E-state index in [-0.39, 0.29) is 10.6 Å². The van der Waals surface area contributed by atoms with Crippen LogP contribution in [0.3, 0.4) is 0 Å². The maximum Gasteiger partial charge on any atom is 0.181 e. The number of sulfone groups is 1. The molecule has 20 heavy (non-hydrogen) atoms. The topological polar surface area (TPSA) is 60.2 Å². The van der Waals surface area contributed by atoms with Gasteiger partial charge < -0.3 is 5.73 Å². The number of nitrogen functional groups attached to an aromatic ring is 1. The van der Waals surface area contributed by atoms with Gasteiger partial charge in [-0.25, -0.2) is 8.42 Å². The van der Waals surface area contributed by atoms with Crippen LogP contribution in [0.4, 0.5) is 5.69 Å². The first kappa shape index (κ1) is 14.9. The molecule has 0 amide bonds. The van der Waals surface area contributed by atoms with Gasteiger partial charge in [-0.1, -0.05) is 24.3 Å². The van der Waals surface area contributed by atoms with E-state index >= 15 is 0 Å². The van der Waals surface area contributed by atoms with Gasteiger partial charge >= 0.3 is 0 Å². The lowest BCUT2D eigenvalue weighted by atomic mass is 10.2. The summed E-state index contributed by atoms with van der Waals surface area (Å²) in [5.41, 5.74) is 7.09. The van der Waals surface area contributed by atoms with E-state index < -0.39 is 9.84 Å². The fourth-order valence-electron chi connectivity index (χ4n) is 1.85. The average molecular weight is 307 g/mol. The summed E-state index contributed by atoms with van der Waals surface area (Å²) >= 11 is 1.53. The van der Waals surface area contributed by atoms with E-state index in [9.17, 15) is 8.42 Å². The fraction of sp³-hybridized carbons (Fsp3) is 0.200. The van der Waals surface area contributed by atoms with Gasteiger partial charge in [-0.05, 0) is 36.8 Å². The summed E-state index contributed by atoms with van der Waals surface area (Å²) in [7, 11) is -3.32. The van der Waals surface area contributed by atoms with Crippen LogP contribution >= 0.6 is 11.8 Å². The summed E-state index contributed by atoms with van der Waals surface area (Å²) in [6.45, 7) is 1.89. The molecule has 0 heterocycles. The SMILES string of the molecule is Cc1ccc(S(=O)(=O)CCSc2ccccc2)c(N)c1. The molecule has 5 heteroatoms. The minimum atomic E-state index is -3.32. The van der Waals surface area contributed by atoms with Gasteiger partial charge in [0.15, 0.2) is 9.84 Å². The van der Waals surface area contributed by atoms with Crippen LogP contribution in [0.15, 0.2) is 58.3 Å². The monoisotopic (exact) mass is 307 g/mol. The molecule has 2 aromatic carbocycles. The van der Waals surface area contributed by atoms with Crippen molar-refractivity contribution in [1.82, 2.24) is 0 Å². The van der Waals surface area contributed by atoms with Crippen molar-refractivity contribution in [1.29, 1.82) is 0 Å². The predicted molar refractivity (Wildman–Crippen MR) is 84.8 cm³/mol. The summed E-state index contributed by atoms with van der Waals surface area (Å²) < 4.78 is 24.5. The quantitative estimate of drug-likeness (QED) is 0.681. The van der Waals surface area contributed by atoms with Crippen molar-refractivity contribution in [3.8, 4) is 0 Å². The molecule has 0 bridgehead atoms. The third kappa shape index (κ3) is 3.77. The van der Waals surface area contributed by atoms with Gasteiger partial charge in [-0.2, -0.15) is 0 Å². The summed E-state index contributed by atoms with van der Waals surface area (Å²) in [4.78, 5) is 1.30. The average Bonchev–Trinajstić information content (AvgIpc) is 2.39. The molecule has 0 aliphatic rings. The number of thioether (sulfide) groups is 1. The zero-order valence-electron chi connectivity index (χ0n) is 11.2. The van der Waals surface area contributed by atoms with Crippen LogP contribution in [-0.4, -0.2) is 19.9 Å². The van der Waals surface area contributed by atoms with Crippen LogP contribution in [0.1, 0.15) is 5.56 Å². The standard InChI is InChI=1S/C15H17NO2S2/c1-12-7-8-15(14(16)11-12)20(17,18)10-9-19-13-5-3-2-4-6-13/h2-8,11H,9-10,16H2,1H3. The lowest BCUT2D eigenvalue weighted by molar-refractivity contribution is 0.598. The lowest BCUT2D eigenvalue weighted by Crippen LogP contribution is -2.11. The number of nitrogens with two attached hydrogens (primary N) is 1. The largest absolute Gasteiger partial charge is 0.398 e. The van der Waals surface area contributed by atoms with Gasteiger partial charge in [-0.3, -0.25) is 0 Å². The first-order valence-electron chi connectivity index (χ1n) is 6.26. The van der Waals surface area contributed by atoms with Crippen molar-refractivity contribution in [3.63, 3.8) is 0 Å². The van der Waals surface area contributed by atoms with E-state index in [1.54, 1.807) is 18.2 Å². The van der Waals surface area contributed by atoms with Crippen molar-refractivity contribution in [3.05, 3.63) is 54.1 Å². The Morgan fingerprint density at radius 3 is 2.45 bits per heavy atom. The highest BCUT2D eigenvalue weighted by Gasteiger charge is 2.17. The summed E-state index contributed by atoms with van der Waals surface area (Å²) in [6, 6.07) is 14.8. The number of hydrogen-bond donors (Lipinski definition) is 1. The third-order valence-electron chi connectivity index (χ3n) is 2.86. The molecule has 2 rings (SSSR count). The number of anilines is 1. The molecule has 3 nitrogen and oxygen atoms in total. The summed E-state index contributed by atoms with van der Waals surface area (Å²) in [6.07, 6.45) is 0. The van der Waals surface area contributed by atoms with E-state index in [1.807, 2.05) is 37.3 Å². The maximum atomic E-state index is 12.3. The second-order valence-electron chi connectivity index (χ2n) is 4.52. The second-order valence-corrected chi connectivity index (χ2v) is 7.77. The molecular formula is C15H17NO2S2. The first-order valence-corrected chi connectivity index (χ1v) is 8.89. The Labute approximate surface area is 124 Å². The minimum Gasteiger partial charge on any atom is -0.398 e. The van der Waals surface area contributed by atoms with Crippen molar-refractivity contribution in [2.75, 3.05) is 17.2 Å². The highest BCUT2D eigenvalue weighted by Crippen LogP contribution is 2.23. The normalized spacial score (nSPS) is 11.4. The smallest absolute Gasteiger partial charge is 0.181 e. The highest BCUT2D eigenvalue weighted by molar-refractivity contribution is 8.00. The molecule has 0 aliphatic carbocycles. The van der Waals surface area contributed by atoms with Crippen LogP contribution in [0.25, 0.3) is 0 Å². The molecule has 0 fully saturated rings. The Kier molecular flexibility index (Phi) is 4.73. The van der Waals surface area contributed by atoms with Gasteiger partial charge in [0.25, 0.3) is 0 Å². The van der Waals surface area contributed by atoms with Crippen molar-refractivity contribution >= 4 is 27.3 Å². The fourth-order valence-corrected chi connectivity index (χ4v) is 4.56. The summed E-state index contributed by atoms with van der Waals surface area (Å²) in [5.74, 6) is 0.597. The molecule has 0 saturated heterocycles. The van der Waals surface area contributed by atoms with Gasteiger partial charge in [-0.15, -0.1) is 11.8 Å². The molecular weight excluding hydrogens is 290 g/mol. The Morgan fingerprint density at radius 1 is 1.10 bits per heavy atom. The van der Waals surface area contributed by atoms with Crippen LogP contribution in [0.5, 0.6) is 0 Å². The van der Waals surface area contributed by atoms with Crippen LogP contribution < -0.4 is 5.73 Å². The van der Waals surface area contributed by atoms with Gasteiger partial charge in [0.05, 0.1) is 16.3 Å². The van der Waals surface area contributed by atoms with Crippen LogP contribution in [0, 0.1) is 6.92 Å². The molecule has 0 saturated carbocycles. The Morgan fingerprint density at radius 2 is 1.80 bits per heavy atom. The second kappa shape index (κ2) is 6.33. The van der Waals surface area contributed by atoms with E-state index in [4.69, 9.17) is 5.73 Å². The first-order chi connectivity index (χ1) is 9.49. The highest BCUT2D eigenvalue weighted by atomic mass is 32.2. The molecule has 0 spiro atoms. The summed E-state index contributed by atoms with van der Waals surface area (Å²) in [5, 5.41) is 0. The van der Waals surface area contributed by atoms with E-state index in [2.05, 4.69) is 0 Å². The van der Waals surface area contributed by atoms with E-state index in [0.717, 1.165) is 10.5 Å². The lowest BCUT2D eigenvalue weighted by Gasteiger charge is -2.08. The number of rotatable bonds is 5. The molecule has 0 unspecified atom stereocenters. The molecule has 0 atom stereocenters. The van der Waals surface area contributed by atoms with Gasteiger partial charge in [0.2, 0.25) is 0 Å². The number of aryl methyl sites for hydroxylation is 1. The molecule has 2 aromatic rings. The van der Waals surface area contributed by atoms with Crippen molar-refractivity contribution < 1.29 is 8.42 Å². The molecule has 0 aromatic heterocycles. The molecule has 106 valence electrons. The predicted octanol–water partition coefficient (Wildman–Crippen LogP) is 3.14. The minimum absolute atomic E-state index is 0.0832. The maximum absolute atomic E-state index is 12.3. The number of hydrogen-bond acceptors (Lipinski definition) is 4. The van der Waals surface area contributed by atoms with Gasteiger partial charge in [0.1, 0.15) is 0 Å². The Balaban J connectivity index is 2.04. The van der Waals surface area contributed by atoms with Crippen molar-refractivity contribution in [2.24, 2.45) is 0 Å². The van der Waals surface area contributed by atoms with Crippen LogP contribution in [-0.2, 0) is 9.84 Å².